The molecule has 112 valence electrons. The summed E-state index contributed by atoms with van der Waals surface area (Å²) in [7, 11) is -3.24. The molecule has 1 aliphatic heterocycles. The van der Waals surface area contributed by atoms with Crippen molar-refractivity contribution in [2.45, 2.75) is 39.2 Å². The largest absolute Gasteiger partial charge is 0.313 e. The zero-order valence-electron chi connectivity index (χ0n) is 12.3. The molecular weight excluding hydrogens is 272 g/mol. The monoisotopic (exact) mass is 296 g/mol. The summed E-state index contributed by atoms with van der Waals surface area (Å²) in [6.45, 7) is 5.14. The van der Waals surface area contributed by atoms with Gasteiger partial charge in [0.25, 0.3) is 0 Å². The van der Waals surface area contributed by atoms with E-state index in [2.05, 4.69) is 5.32 Å². The summed E-state index contributed by atoms with van der Waals surface area (Å²) in [6.07, 6.45) is 2.94. The third-order valence-corrected chi connectivity index (χ3v) is 5.34. The van der Waals surface area contributed by atoms with Crippen LogP contribution in [0.15, 0.2) is 24.3 Å². The van der Waals surface area contributed by atoms with Gasteiger partial charge in [-0.25, -0.2) is 8.42 Å². The van der Waals surface area contributed by atoms with Crippen LogP contribution in [0.1, 0.15) is 32.3 Å². The Labute approximate surface area is 122 Å². The van der Waals surface area contributed by atoms with Crippen LogP contribution in [0, 0.1) is 0 Å². The number of aryl methyl sites for hydroxylation is 1. The smallest absolute Gasteiger partial charge is 0.236 e. The Morgan fingerprint density at radius 3 is 2.75 bits per heavy atom. The molecular formula is C15H24N2O2S. The van der Waals surface area contributed by atoms with E-state index < -0.39 is 10.0 Å². The first-order valence-corrected chi connectivity index (χ1v) is 8.93. The quantitative estimate of drug-likeness (QED) is 0.906. The number of para-hydroxylation sites is 1. The van der Waals surface area contributed by atoms with Crippen LogP contribution in [0.2, 0.25) is 0 Å². The summed E-state index contributed by atoms with van der Waals surface area (Å²) in [5.41, 5.74) is 2.01. The molecule has 1 aromatic carbocycles. The summed E-state index contributed by atoms with van der Waals surface area (Å²) in [5, 5.41) is 3.17. The predicted molar refractivity (Wildman–Crippen MR) is 83.7 cm³/mol. The first-order chi connectivity index (χ1) is 9.50. The van der Waals surface area contributed by atoms with E-state index in [0.717, 1.165) is 30.5 Å². The number of rotatable bonds is 5. The molecule has 1 aromatic rings. The van der Waals surface area contributed by atoms with E-state index >= 15 is 0 Å². The molecule has 0 radical (unpaired) electrons. The Morgan fingerprint density at radius 2 is 2.00 bits per heavy atom. The molecule has 1 aliphatic rings. The van der Waals surface area contributed by atoms with Gasteiger partial charge in [-0.15, -0.1) is 0 Å². The Kier molecular flexibility index (Phi) is 5.05. The second-order valence-corrected chi connectivity index (χ2v) is 7.60. The van der Waals surface area contributed by atoms with Crippen molar-refractivity contribution in [3.8, 4) is 0 Å². The van der Waals surface area contributed by atoms with Crippen LogP contribution in [0.5, 0.6) is 0 Å². The summed E-state index contributed by atoms with van der Waals surface area (Å²) < 4.78 is 26.7. The SMILES string of the molecule is CC(C)NCCS(=O)(=O)N1CCCCc2ccccc21. The lowest BCUT2D eigenvalue weighted by Gasteiger charge is -2.24. The maximum Gasteiger partial charge on any atom is 0.236 e. The fourth-order valence-electron chi connectivity index (χ4n) is 2.53. The van der Waals surface area contributed by atoms with Gasteiger partial charge in [-0.1, -0.05) is 32.0 Å². The van der Waals surface area contributed by atoms with Crippen molar-refractivity contribution in [3.63, 3.8) is 0 Å². The van der Waals surface area contributed by atoms with Gasteiger partial charge in [-0.3, -0.25) is 4.31 Å². The molecule has 0 aliphatic carbocycles. The van der Waals surface area contributed by atoms with Crippen LogP contribution in [0.4, 0.5) is 5.69 Å². The molecule has 0 saturated carbocycles. The van der Waals surface area contributed by atoms with Crippen LogP contribution >= 0.6 is 0 Å². The lowest BCUT2D eigenvalue weighted by molar-refractivity contribution is 0.573. The number of fused-ring (bicyclic) bond motifs is 1. The van der Waals surface area contributed by atoms with E-state index in [1.54, 1.807) is 4.31 Å². The summed E-state index contributed by atoms with van der Waals surface area (Å²) in [4.78, 5) is 0. The van der Waals surface area contributed by atoms with Crippen molar-refractivity contribution < 1.29 is 8.42 Å². The second-order valence-electron chi connectivity index (χ2n) is 5.58. The van der Waals surface area contributed by atoms with Gasteiger partial charge in [0.15, 0.2) is 0 Å². The molecule has 0 aromatic heterocycles. The number of hydrogen-bond acceptors (Lipinski definition) is 3. The summed E-state index contributed by atoms with van der Waals surface area (Å²) in [6, 6.07) is 8.17. The van der Waals surface area contributed by atoms with Gasteiger partial charge in [0.2, 0.25) is 10.0 Å². The van der Waals surface area contributed by atoms with Gasteiger partial charge in [-0.2, -0.15) is 0 Å². The first kappa shape index (κ1) is 15.3. The van der Waals surface area contributed by atoms with Crippen LogP contribution < -0.4 is 9.62 Å². The average Bonchev–Trinajstić information content (AvgIpc) is 2.60. The van der Waals surface area contributed by atoms with Crippen LogP contribution in [0.25, 0.3) is 0 Å². The fourth-order valence-corrected chi connectivity index (χ4v) is 4.01. The van der Waals surface area contributed by atoms with Crippen molar-refractivity contribution in [1.82, 2.24) is 5.32 Å². The molecule has 1 N–H and O–H groups in total. The Balaban J connectivity index is 2.18. The van der Waals surface area contributed by atoms with Crippen molar-refractivity contribution in [1.29, 1.82) is 0 Å². The molecule has 0 saturated heterocycles. The molecule has 0 amide bonds. The van der Waals surface area contributed by atoms with E-state index in [4.69, 9.17) is 0 Å². The topological polar surface area (TPSA) is 49.4 Å². The van der Waals surface area contributed by atoms with Crippen LogP contribution in [-0.2, 0) is 16.4 Å². The van der Waals surface area contributed by atoms with Gasteiger partial charge >= 0.3 is 0 Å². The number of benzene rings is 1. The van der Waals surface area contributed by atoms with E-state index in [-0.39, 0.29) is 5.75 Å². The van der Waals surface area contributed by atoms with E-state index in [1.165, 1.54) is 0 Å². The minimum Gasteiger partial charge on any atom is -0.313 e. The fraction of sp³-hybridized carbons (Fsp3) is 0.600. The van der Waals surface area contributed by atoms with Crippen molar-refractivity contribution in [2.24, 2.45) is 0 Å². The Bertz CT molecular complexity index is 541. The third kappa shape index (κ3) is 3.73. The highest BCUT2D eigenvalue weighted by molar-refractivity contribution is 7.92. The molecule has 0 atom stereocenters. The molecule has 2 rings (SSSR count). The third-order valence-electron chi connectivity index (χ3n) is 3.57. The normalized spacial score (nSPS) is 16.1. The molecule has 20 heavy (non-hydrogen) atoms. The molecule has 0 fully saturated rings. The number of nitrogens with one attached hydrogen (secondary N) is 1. The maximum absolute atomic E-state index is 12.6. The zero-order valence-corrected chi connectivity index (χ0v) is 13.1. The highest BCUT2D eigenvalue weighted by atomic mass is 32.2. The second kappa shape index (κ2) is 6.59. The molecule has 0 unspecified atom stereocenters. The highest BCUT2D eigenvalue weighted by Gasteiger charge is 2.25. The minimum absolute atomic E-state index is 0.152. The summed E-state index contributed by atoms with van der Waals surface area (Å²) >= 11 is 0. The molecule has 1 heterocycles. The molecule has 4 nitrogen and oxygen atoms in total. The molecule has 5 heteroatoms. The molecule has 0 spiro atoms. The van der Waals surface area contributed by atoms with E-state index in [9.17, 15) is 8.42 Å². The number of sulfonamides is 1. The maximum atomic E-state index is 12.6. The predicted octanol–water partition coefficient (Wildman–Crippen LogP) is 2.16. The van der Waals surface area contributed by atoms with Gasteiger partial charge < -0.3 is 5.32 Å². The Morgan fingerprint density at radius 1 is 1.25 bits per heavy atom. The minimum atomic E-state index is -3.24. The number of nitrogens with zero attached hydrogens (tertiary/aromatic N) is 1. The van der Waals surface area contributed by atoms with Crippen molar-refractivity contribution in [2.75, 3.05) is 23.1 Å². The van der Waals surface area contributed by atoms with E-state index in [1.807, 2.05) is 38.1 Å². The van der Waals surface area contributed by atoms with Gasteiger partial charge in [0.05, 0.1) is 11.4 Å². The summed E-state index contributed by atoms with van der Waals surface area (Å²) in [5.74, 6) is 0.152. The lowest BCUT2D eigenvalue weighted by Crippen LogP contribution is -2.38. The van der Waals surface area contributed by atoms with Crippen molar-refractivity contribution >= 4 is 15.7 Å². The van der Waals surface area contributed by atoms with Gasteiger partial charge in [-0.05, 0) is 30.9 Å². The highest BCUT2D eigenvalue weighted by Crippen LogP contribution is 2.28. The first-order valence-electron chi connectivity index (χ1n) is 7.32. The standard InChI is InChI=1S/C15H24N2O2S/c1-13(2)16-10-12-20(18,19)17-11-6-5-8-14-7-3-4-9-15(14)17/h3-4,7,9,13,16H,5-6,8,10-12H2,1-2H3. The average molecular weight is 296 g/mol. The zero-order chi connectivity index (χ0) is 14.6. The lowest BCUT2D eigenvalue weighted by atomic mass is 10.1. The van der Waals surface area contributed by atoms with Crippen LogP contribution in [-0.4, -0.2) is 33.3 Å². The number of anilines is 1. The Hall–Kier alpha value is -1.07. The van der Waals surface area contributed by atoms with Crippen LogP contribution in [0.3, 0.4) is 0 Å². The van der Waals surface area contributed by atoms with E-state index in [0.29, 0.717) is 19.1 Å². The van der Waals surface area contributed by atoms with Crippen molar-refractivity contribution in [3.05, 3.63) is 29.8 Å². The van der Waals surface area contributed by atoms with Gasteiger partial charge in [0.1, 0.15) is 0 Å². The number of hydrogen-bond donors (Lipinski definition) is 1. The molecule has 0 bridgehead atoms. The van der Waals surface area contributed by atoms with Gasteiger partial charge in [0, 0.05) is 19.1 Å².